The Bertz CT molecular complexity index is 774. The second-order valence-corrected chi connectivity index (χ2v) is 6.61. The number of nitrogens with zero attached hydrogens (tertiary/aromatic N) is 1. The zero-order chi connectivity index (χ0) is 16.2. The Morgan fingerprint density at radius 1 is 1.17 bits per heavy atom. The molecule has 23 heavy (non-hydrogen) atoms. The molecule has 2 heterocycles. The Balaban J connectivity index is 1.54. The van der Waals surface area contributed by atoms with Crippen molar-refractivity contribution in [3.63, 3.8) is 0 Å². The van der Waals surface area contributed by atoms with Gasteiger partial charge in [0.2, 0.25) is 0 Å². The molecule has 1 atom stereocenters. The second-order valence-electron chi connectivity index (χ2n) is 4.98. The van der Waals surface area contributed by atoms with Crippen LogP contribution in [0.2, 0.25) is 0 Å². The molecule has 120 valence electrons. The topological polar surface area (TPSA) is 45.1 Å². The highest BCUT2D eigenvalue weighted by atomic mass is 32.1. The van der Waals surface area contributed by atoms with Crippen molar-refractivity contribution in [1.82, 2.24) is 10.3 Å². The summed E-state index contributed by atoms with van der Waals surface area (Å²) in [6.07, 6.45) is -0.903. The van der Waals surface area contributed by atoms with Gasteiger partial charge in [0.15, 0.2) is 11.6 Å². The van der Waals surface area contributed by atoms with Gasteiger partial charge < -0.3 is 10.4 Å². The first kappa shape index (κ1) is 16.2. The van der Waals surface area contributed by atoms with Gasteiger partial charge in [0.05, 0.1) is 11.8 Å². The van der Waals surface area contributed by atoms with E-state index < -0.39 is 17.7 Å². The average molecular weight is 352 g/mol. The predicted molar refractivity (Wildman–Crippen MR) is 88.5 cm³/mol. The standard InChI is InChI=1S/C16H14F2N2OS2/c17-13-2-1-10(5-14(13)18)15(21)7-19-6-12-9-23-16(20-12)11-3-4-22-8-11/h1-5,8-9,15,19,21H,6-7H2. The van der Waals surface area contributed by atoms with Crippen LogP contribution in [0.3, 0.4) is 0 Å². The van der Waals surface area contributed by atoms with Crippen molar-refractivity contribution in [2.45, 2.75) is 12.6 Å². The number of thiazole rings is 1. The molecule has 1 unspecified atom stereocenters. The zero-order valence-electron chi connectivity index (χ0n) is 12.0. The van der Waals surface area contributed by atoms with Gasteiger partial charge in [-0.3, -0.25) is 0 Å². The van der Waals surface area contributed by atoms with Gasteiger partial charge in [-0.25, -0.2) is 13.8 Å². The number of aliphatic hydroxyl groups is 1. The van der Waals surface area contributed by atoms with E-state index in [1.54, 1.807) is 22.7 Å². The summed E-state index contributed by atoms with van der Waals surface area (Å²) in [5.74, 6) is -1.88. The molecular weight excluding hydrogens is 338 g/mol. The molecule has 0 bridgehead atoms. The molecule has 0 saturated heterocycles. The Morgan fingerprint density at radius 2 is 2.04 bits per heavy atom. The molecule has 0 spiro atoms. The van der Waals surface area contributed by atoms with Crippen LogP contribution >= 0.6 is 22.7 Å². The van der Waals surface area contributed by atoms with E-state index in [2.05, 4.69) is 10.3 Å². The van der Waals surface area contributed by atoms with Gasteiger partial charge in [0.25, 0.3) is 0 Å². The van der Waals surface area contributed by atoms with E-state index in [0.717, 1.165) is 28.4 Å². The maximum Gasteiger partial charge on any atom is 0.159 e. The molecule has 0 aliphatic carbocycles. The quantitative estimate of drug-likeness (QED) is 0.705. The van der Waals surface area contributed by atoms with Crippen molar-refractivity contribution < 1.29 is 13.9 Å². The number of rotatable bonds is 6. The minimum absolute atomic E-state index is 0.233. The van der Waals surface area contributed by atoms with Gasteiger partial charge in [0.1, 0.15) is 5.01 Å². The monoisotopic (exact) mass is 352 g/mol. The number of aromatic nitrogens is 1. The molecule has 2 aromatic heterocycles. The maximum atomic E-state index is 13.1. The third kappa shape index (κ3) is 4.00. The Morgan fingerprint density at radius 3 is 2.78 bits per heavy atom. The molecule has 3 aromatic rings. The van der Waals surface area contributed by atoms with E-state index in [1.807, 2.05) is 22.2 Å². The number of hydrogen-bond acceptors (Lipinski definition) is 5. The van der Waals surface area contributed by atoms with E-state index >= 15 is 0 Å². The molecule has 0 aliphatic rings. The third-order valence-corrected chi connectivity index (χ3v) is 4.92. The fourth-order valence-corrected chi connectivity index (χ4v) is 3.61. The van der Waals surface area contributed by atoms with Crippen LogP contribution in [0.5, 0.6) is 0 Å². The van der Waals surface area contributed by atoms with Crippen LogP contribution in [0.4, 0.5) is 8.78 Å². The predicted octanol–water partition coefficient (Wildman–Crippen LogP) is 3.97. The first-order valence-corrected chi connectivity index (χ1v) is 8.76. The SMILES string of the molecule is OC(CNCc1csc(-c2ccsc2)n1)c1ccc(F)c(F)c1. The van der Waals surface area contributed by atoms with Crippen molar-refractivity contribution in [2.75, 3.05) is 6.54 Å². The van der Waals surface area contributed by atoms with E-state index in [0.29, 0.717) is 12.1 Å². The van der Waals surface area contributed by atoms with Crippen LogP contribution in [0.1, 0.15) is 17.4 Å². The molecule has 7 heteroatoms. The first-order chi connectivity index (χ1) is 11.1. The van der Waals surface area contributed by atoms with E-state index in [1.165, 1.54) is 6.07 Å². The van der Waals surface area contributed by atoms with Crippen molar-refractivity contribution >= 4 is 22.7 Å². The summed E-state index contributed by atoms with van der Waals surface area (Å²) in [7, 11) is 0. The summed E-state index contributed by atoms with van der Waals surface area (Å²) in [4.78, 5) is 4.52. The lowest BCUT2D eigenvalue weighted by Crippen LogP contribution is -2.21. The highest BCUT2D eigenvalue weighted by Crippen LogP contribution is 2.25. The van der Waals surface area contributed by atoms with Crippen LogP contribution in [0, 0.1) is 11.6 Å². The normalized spacial score (nSPS) is 12.5. The fraction of sp³-hybridized carbons (Fsp3) is 0.188. The molecule has 0 fully saturated rings. The van der Waals surface area contributed by atoms with Gasteiger partial charge in [-0.2, -0.15) is 11.3 Å². The average Bonchev–Trinajstić information content (AvgIpc) is 3.20. The van der Waals surface area contributed by atoms with Gasteiger partial charge >= 0.3 is 0 Å². The van der Waals surface area contributed by atoms with Crippen LogP contribution in [0.25, 0.3) is 10.6 Å². The first-order valence-electron chi connectivity index (χ1n) is 6.94. The number of halogens is 2. The van der Waals surface area contributed by atoms with E-state index in [9.17, 15) is 13.9 Å². The lowest BCUT2D eigenvalue weighted by atomic mass is 10.1. The number of benzene rings is 1. The second kappa shape index (κ2) is 7.27. The smallest absolute Gasteiger partial charge is 0.159 e. The van der Waals surface area contributed by atoms with Crippen molar-refractivity contribution in [3.8, 4) is 10.6 Å². The minimum atomic E-state index is -0.957. The van der Waals surface area contributed by atoms with Crippen molar-refractivity contribution in [1.29, 1.82) is 0 Å². The zero-order valence-corrected chi connectivity index (χ0v) is 13.6. The van der Waals surface area contributed by atoms with Gasteiger partial charge in [-0.05, 0) is 29.1 Å². The summed E-state index contributed by atoms with van der Waals surface area (Å²) in [6, 6.07) is 5.43. The molecule has 1 aromatic carbocycles. The largest absolute Gasteiger partial charge is 0.387 e. The molecule has 2 N–H and O–H groups in total. The van der Waals surface area contributed by atoms with Gasteiger partial charge in [-0.1, -0.05) is 6.07 Å². The van der Waals surface area contributed by atoms with Crippen molar-refractivity contribution in [3.05, 3.63) is 63.3 Å². The molecule has 0 aliphatic heterocycles. The number of aliphatic hydroxyl groups excluding tert-OH is 1. The summed E-state index contributed by atoms with van der Waals surface area (Å²) in [6.45, 7) is 0.734. The number of thiophene rings is 1. The van der Waals surface area contributed by atoms with Crippen LogP contribution in [-0.2, 0) is 6.54 Å². The van der Waals surface area contributed by atoms with E-state index in [-0.39, 0.29) is 6.54 Å². The molecular formula is C16H14F2N2OS2. The summed E-state index contributed by atoms with van der Waals surface area (Å²) < 4.78 is 26.0. The maximum absolute atomic E-state index is 13.1. The molecule has 3 rings (SSSR count). The summed E-state index contributed by atoms with van der Waals surface area (Å²) in [5, 5.41) is 20.1. The number of hydrogen-bond donors (Lipinski definition) is 2. The summed E-state index contributed by atoms with van der Waals surface area (Å²) in [5.41, 5.74) is 2.33. The minimum Gasteiger partial charge on any atom is -0.387 e. The van der Waals surface area contributed by atoms with Crippen molar-refractivity contribution in [2.24, 2.45) is 0 Å². The highest BCUT2D eigenvalue weighted by Gasteiger charge is 2.11. The lowest BCUT2D eigenvalue weighted by molar-refractivity contribution is 0.173. The van der Waals surface area contributed by atoms with Crippen LogP contribution < -0.4 is 5.32 Å². The highest BCUT2D eigenvalue weighted by molar-refractivity contribution is 7.14. The Kier molecular flexibility index (Phi) is 5.12. The molecule has 0 amide bonds. The lowest BCUT2D eigenvalue weighted by Gasteiger charge is -2.11. The fourth-order valence-electron chi connectivity index (χ4n) is 2.08. The molecule has 3 nitrogen and oxygen atoms in total. The number of nitrogens with one attached hydrogen (secondary N) is 1. The van der Waals surface area contributed by atoms with Crippen LogP contribution in [-0.4, -0.2) is 16.6 Å². The van der Waals surface area contributed by atoms with Gasteiger partial charge in [0, 0.05) is 29.4 Å². The molecule has 0 radical (unpaired) electrons. The summed E-state index contributed by atoms with van der Waals surface area (Å²) >= 11 is 3.19. The molecule has 0 saturated carbocycles. The van der Waals surface area contributed by atoms with Gasteiger partial charge in [-0.15, -0.1) is 11.3 Å². The van der Waals surface area contributed by atoms with E-state index in [4.69, 9.17) is 0 Å². The Labute approximate surface area is 140 Å². The third-order valence-electron chi connectivity index (χ3n) is 3.29. The Hall–Kier alpha value is -1.67. The van der Waals surface area contributed by atoms with Crippen LogP contribution in [0.15, 0.2) is 40.4 Å².